The largest absolute Gasteiger partial charge is 0.495 e. The molecule has 0 saturated carbocycles. The normalized spacial score (nSPS) is 15.0. The molecule has 2 aromatic carbocycles. The van der Waals surface area contributed by atoms with Gasteiger partial charge in [-0.05, 0) is 49.4 Å². The third-order valence-electron chi connectivity index (χ3n) is 5.21. The van der Waals surface area contributed by atoms with Crippen LogP contribution in [0.3, 0.4) is 0 Å². The molecule has 1 aliphatic rings. The van der Waals surface area contributed by atoms with Crippen molar-refractivity contribution >= 4 is 42.4 Å². The molecule has 0 amide bonds. The van der Waals surface area contributed by atoms with Crippen molar-refractivity contribution in [1.82, 2.24) is 9.29 Å². The van der Waals surface area contributed by atoms with Gasteiger partial charge >= 0.3 is 0 Å². The van der Waals surface area contributed by atoms with Crippen LogP contribution in [-0.2, 0) is 10.0 Å². The predicted octanol–water partition coefficient (Wildman–Crippen LogP) is 4.49. The molecule has 0 unspecified atom stereocenters. The van der Waals surface area contributed by atoms with Gasteiger partial charge in [0.15, 0.2) is 5.13 Å². The number of hydrogen-bond donors (Lipinski definition) is 0. The van der Waals surface area contributed by atoms with E-state index in [-0.39, 0.29) is 4.90 Å². The third-order valence-corrected chi connectivity index (χ3v) is 8.52. The molecular formula is C22H24BrN3O4S2. The number of methoxy groups -OCH3 is 1. The summed E-state index contributed by atoms with van der Waals surface area (Å²) in [7, 11) is -2.18. The van der Waals surface area contributed by atoms with Gasteiger partial charge in [0.25, 0.3) is 0 Å². The molecule has 0 aliphatic carbocycles. The second kappa shape index (κ2) is 9.78. The van der Waals surface area contributed by atoms with Gasteiger partial charge in [0.05, 0.1) is 19.4 Å². The summed E-state index contributed by atoms with van der Waals surface area (Å²) in [5.74, 6) is 1.18. The zero-order valence-corrected chi connectivity index (χ0v) is 21.0. The topological polar surface area (TPSA) is 72.0 Å². The van der Waals surface area contributed by atoms with Gasteiger partial charge in [0.2, 0.25) is 10.0 Å². The molecule has 3 aromatic rings. The van der Waals surface area contributed by atoms with Crippen LogP contribution in [0.1, 0.15) is 6.92 Å². The lowest BCUT2D eigenvalue weighted by atomic mass is 10.2. The number of ether oxygens (including phenoxy) is 2. The fourth-order valence-electron chi connectivity index (χ4n) is 3.54. The zero-order chi connectivity index (χ0) is 22.7. The van der Waals surface area contributed by atoms with Crippen LogP contribution >= 0.6 is 27.3 Å². The molecular weight excluding hydrogens is 514 g/mol. The molecule has 2 heterocycles. The Balaban J connectivity index is 1.45. The molecule has 170 valence electrons. The van der Waals surface area contributed by atoms with Crippen LogP contribution < -0.4 is 14.4 Å². The minimum atomic E-state index is -3.66. The number of hydrogen-bond acceptors (Lipinski definition) is 7. The fourth-order valence-corrected chi connectivity index (χ4v) is 6.55. The predicted molar refractivity (Wildman–Crippen MR) is 130 cm³/mol. The highest BCUT2D eigenvalue weighted by atomic mass is 79.9. The second-order valence-electron chi connectivity index (χ2n) is 7.16. The highest BCUT2D eigenvalue weighted by molar-refractivity contribution is 9.10. The quantitative estimate of drug-likeness (QED) is 0.442. The maximum Gasteiger partial charge on any atom is 0.246 e. The summed E-state index contributed by atoms with van der Waals surface area (Å²) in [6.45, 7) is 4.51. The number of sulfonamides is 1. The van der Waals surface area contributed by atoms with Gasteiger partial charge in [-0.1, -0.05) is 15.9 Å². The van der Waals surface area contributed by atoms with Crippen molar-refractivity contribution < 1.29 is 17.9 Å². The van der Waals surface area contributed by atoms with E-state index < -0.39 is 10.0 Å². The summed E-state index contributed by atoms with van der Waals surface area (Å²) >= 11 is 4.92. The lowest BCUT2D eigenvalue weighted by Crippen LogP contribution is -2.48. The molecule has 0 spiro atoms. The van der Waals surface area contributed by atoms with Crippen molar-refractivity contribution in [1.29, 1.82) is 0 Å². The average Bonchev–Trinajstić information content (AvgIpc) is 3.30. The number of piperazine rings is 1. The lowest BCUT2D eigenvalue weighted by molar-refractivity contribution is 0.340. The van der Waals surface area contributed by atoms with Gasteiger partial charge in [-0.2, -0.15) is 4.31 Å². The van der Waals surface area contributed by atoms with E-state index in [1.807, 2.05) is 36.6 Å². The lowest BCUT2D eigenvalue weighted by Gasteiger charge is -2.34. The first-order valence-electron chi connectivity index (χ1n) is 10.2. The Morgan fingerprint density at radius 2 is 1.81 bits per heavy atom. The molecule has 1 aromatic heterocycles. The highest BCUT2D eigenvalue weighted by Gasteiger charge is 2.31. The number of aromatic nitrogens is 1. The van der Waals surface area contributed by atoms with Crippen LogP contribution in [0.5, 0.6) is 11.5 Å². The second-order valence-corrected chi connectivity index (χ2v) is 10.8. The van der Waals surface area contributed by atoms with Crippen LogP contribution in [0.4, 0.5) is 5.13 Å². The summed E-state index contributed by atoms with van der Waals surface area (Å²) in [5.41, 5.74) is 1.93. The van der Waals surface area contributed by atoms with Gasteiger partial charge in [0, 0.05) is 41.6 Å². The van der Waals surface area contributed by atoms with E-state index in [4.69, 9.17) is 14.5 Å². The molecule has 0 radical (unpaired) electrons. The van der Waals surface area contributed by atoms with Crippen molar-refractivity contribution in [3.05, 3.63) is 52.3 Å². The Bertz CT molecular complexity index is 1170. The van der Waals surface area contributed by atoms with Crippen LogP contribution in [0, 0.1) is 0 Å². The van der Waals surface area contributed by atoms with Crippen LogP contribution in [0.2, 0.25) is 0 Å². The van der Waals surface area contributed by atoms with E-state index in [0.29, 0.717) is 43.0 Å². The van der Waals surface area contributed by atoms with Gasteiger partial charge in [0.1, 0.15) is 16.4 Å². The minimum absolute atomic E-state index is 0.176. The molecule has 10 heteroatoms. The number of nitrogens with zero attached hydrogens (tertiary/aromatic N) is 3. The Kier molecular flexibility index (Phi) is 7.04. The van der Waals surface area contributed by atoms with Crippen molar-refractivity contribution in [3.8, 4) is 22.8 Å². The standard InChI is InChI=1S/C22H24BrN3O4S2/c1-3-30-18-7-4-16(5-8-18)19-15-31-22(24-19)25-10-12-26(13-11-25)32(27,28)21-14-17(23)6-9-20(21)29-2/h4-9,14-15H,3,10-13H2,1-2H3. The first-order valence-corrected chi connectivity index (χ1v) is 13.3. The average molecular weight is 538 g/mol. The molecule has 4 rings (SSSR count). The fraction of sp³-hybridized carbons (Fsp3) is 0.318. The summed E-state index contributed by atoms with van der Waals surface area (Å²) in [6.07, 6.45) is 0. The van der Waals surface area contributed by atoms with Crippen molar-refractivity contribution in [2.75, 3.05) is 44.8 Å². The van der Waals surface area contributed by atoms with Crippen molar-refractivity contribution in [2.24, 2.45) is 0 Å². The van der Waals surface area contributed by atoms with Crippen LogP contribution in [0.15, 0.2) is 57.2 Å². The molecule has 32 heavy (non-hydrogen) atoms. The Morgan fingerprint density at radius 1 is 1.09 bits per heavy atom. The third kappa shape index (κ3) is 4.78. The number of halogens is 1. The molecule has 1 saturated heterocycles. The number of anilines is 1. The summed E-state index contributed by atoms with van der Waals surface area (Å²) in [5, 5.41) is 2.92. The maximum absolute atomic E-state index is 13.2. The van der Waals surface area contributed by atoms with Gasteiger partial charge < -0.3 is 14.4 Å². The molecule has 0 N–H and O–H groups in total. The van der Waals surface area contributed by atoms with Gasteiger partial charge in [-0.15, -0.1) is 11.3 Å². The first kappa shape index (κ1) is 23.0. The maximum atomic E-state index is 13.2. The number of thiazole rings is 1. The summed E-state index contributed by atoms with van der Waals surface area (Å²) in [4.78, 5) is 7.08. The van der Waals surface area contributed by atoms with E-state index in [2.05, 4.69) is 20.8 Å². The van der Waals surface area contributed by atoms with Crippen LogP contribution in [0.25, 0.3) is 11.3 Å². The molecule has 0 atom stereocenters. The smallest absolute Gasteiger partial charge is 0.246 e. The molecule has 1 fully saturated rings. The van der Waals surface area contributed by atoms with E-state index in [1.54, 1.807) is 29.5 Å². The number of rotatable bonds is 7. The van der Waals surface area contributed by atoms with E-state index in [0.717, 1.165) is 22.1 Å². The van der Waals surface area contributed by atoms with Gasteiger partial charge in [-0.25, -0.2) is 13.4 Å². The first-order chi connectivity index (χ1) is 15.4. The van der Waals surface area contributed by atoms with Crippen molar-refractivity contribution in [3.63, 3.8) is 0 Å². The Labute approximate surface area is 200 Å². The molecule has 7 nitrogen and oxygen atoms in total. The Morgan fingerprint density at radius 3 is 2.47 bits per heavy atom. The highest BCUT2D eigenvalue weighted by Crippen LogP contribution is 2.32. The van der Waals surface area contributed by atoms with E-state index >= 15 is 0 Å². The molecule has 1 aliphatic heterocycles. The SMILES string of the molecule is CCOc1ccc(-c2csc(N3CCN(S(=O)(=O)c4cc(Br)ccc4OC)CC3)n2)cc1. The van der Waals surface area contributed by atoms with E-state index in [1.165, 1.54) is 11.4 Å². The zero-order valence-electron chi connectivity index (χ0n) is 17.8. The van der Waals surface area contributed by atoms with Crippen LogP contribution in [-0.4, -0.2) is 57.6 Å². The van der Waals surface area contributed by atoms with E-state index in [9.17, 15) is 8.42 Å². The molecule has 0 bridgehead atoms. The monoisotopic (exact) mass is 537 g/mol. The van der Waals surface area contributed by atoms with Gasteiger partial charge in [-0.3, -0.25) is 0 Å². The van der Waals surface area contributed by atoms with Crippen molar-refractivity contribution in [2.45, 2.75) is 11.8 Å². The minimum Gasteiger partial charge on any atom is -0.495 e. The summed E-state index contributed by atoms with van der Waals surface area (Å²) in [6, 6.07) is 12.9. The Hall–Kier alpha value is -2.14. The summed E-state index contributed by atoms with van der Waals surface area (Å²) < 4.78 is 39.4. The number of benzene rings is 2.